The Hall–Kier alpha value is -2.92. The molecule has 0 spiro atoms. The van der Waals surface area contributed by atoms with Crippen LogP contribution >= 0.6 is 0 Å². The van der Waals surface area contributed by atoms with Crippen molar-refractivity contribution >= 4 is 5.91 Å². The summed E-state index contributed by atoms with van der Waals surface area (Å²) in [6.45, 7) is 1.24. The maximum absolute atomic E-state index is 13.5. The summed E-state index contributed by atoms with van der Waals surface area (Å²) in [4.78, 5) is 20.0. The Bertz CT molecular complexity index is 996. The molecule has 29 heavy (non-hydrogen) atoms. The Morgan fingerprint density at radius 1 is 1.00 bits per heavy atom. The number of rotatable bonds is 3. The van der Waals surface area contributed by atoms with Gasteiger partial charge in [-0.3, -0.25) is 4.79 Å². The molecule has 5 rings (SSSR count). The molecule has 2 unspecified atom stereocenters. The number of ether oxygens (including phenoxy) is 1. The van der Waals surface area contributed by atoms with Crippen LogP contribution in [0.25, 0.3) is 22.8 Å². The first kappa shape index (κ1) is 18.1. The average Bonchev–Trinajstić information content (AvgIpc) is 3.29. The number of fused-ring (bicyclic) bond motifs is 1. The molecule has 2 atom stereocenters. The Morgan fingerprint density at radius 3 is 2.69 bits per heavy atom. The fourth-order valence-electron chi connectivity index (χ4n) is 4.49. The molecular weight excluding hydrogens is 364 g/mol. The van der Waals surface area contributed by atoms with Crippen molar-refractivity contribution in [1.82, 2.24) is 9.88 Å². The lowest BCUT2D eigenvalue weighted by Gasteiger charge is -2.43. The number of morpholine rings is 1. The number of amides is 1. The van der Waals surface area contributed by atoms with E-state index in [9.17, 15) is 4.79 Å². The second-order valence-electron chi connectivity index (χ2n) is 7.70. The van der Waals surface area contributed by atoms with Gasteiger partial charge in [0.25, 0.3) is 5.91 Å². The van der Waals surface area contributed by atoms with Gasteiger partial charge < -0.3 is 14.1 Å². The van der Waals surface area contributed by atoms with Gasteiger partial charge in [-0.05, 0) is 25.0 Å². The first-order valence-corrected chi connectivity index (χ1v) is 10.3. The van der Waals surface area contributed by atoms with Crippen LogP contribution in [-0.4, -0.2) is 41.1 Å². The van der Waals surface area contributed by atoms with Crippen molar-refractivity contribution in [3.63, 3.8) is 0 Å². The normalized spacial score (nSPS) is 21.6. The van der Waals surface area contributed by atoms with Crippen molar-refractivity contribution < 1.29 is 13.9 Å². The number of carbonyl (C=O) groups excluding carboxylic acids is 1. The van der Waals surface area contributed by atoms with E-state index in [2.05, 4.69) is 4.98 Å². The Kier molecular flexibility index (Phi) is 4.90. The van der Waals surface area contributed by atoms with Crippen LogP contribution in [0.5, 0.6) is 0 Å². The number of oxazole rings is 1. The van der Waals surface area contributed by atoms with Crippen molar-refractivity contribution in [2.75, 3.05) is 13.2 Å². The van der Waals surface area contributed by atoms with Gasteiger partial charge in [0.2, 0.25) is 5.89 Å². The zero-order valence-corrected chi connectivity index (χ0v) is 16.3. The summed E-state index contributed by atoms with van der Waals surface area (Å²) >= 11 is 0. The van der Waals surface area contributed by atoms with Gasteiger partial charge in [0.05, 0.1) is 30.5 Å². The summed E-state index contributed by atoms with van der Waals surface area (Å²) in [6, 6.07) is 17.6. The lowest BCUT2D eigenvalue weighted by atomic mass is 9.89. The molecule has 3 aromatic rings. The van der Waals surface area contributed by atoms with E-state index in [1.807, 2.05) is 59.5 Å². The fraction of sp³-hybridized carbons (Fsp3) is 0.333. The van der Waals surface area contributed by atoms with Crippen molar-refractivity contribution in [3.05, 3.63) is 66.4 Å². The molecule has 2 aromatic carbocycles. The van der Waals surface area contributed by atoms with E-state index in [1.54, 1.807) is 6.20 Å². The molecular formula is C24H24N2O3. The van der Waals surface area contributed by atoms with Gasteiger partial charge in [-0.25, -0.2) is 4.98 Å². The molecule has 2 fully saturated rings. The SMILES string of the molecule is O=C(c1ccccc1-c1ncc(-c2ccccc2)o1)N1CCOC2CCCCC21. The summed E-state index contributed by atoms with van der Waals surface area (Å²) in [5.41, 5.74) is 2.34. The number of hydrogen-bond donors (Lipinski definition) is 0. The van der Waals surface area contributed by atoms with Crippen LogP contribution in [0, 0.1) is 0 Å². The molecule has 1 amide bonds. The topological polar surface area (TPSA) is 55.6 Å². The molecule has 0 bridgehead atoms. The van der Waals surface area contributed by atoms with Gasteiger partial charge in [0, 0.05) is 17.7 Å². The number of nitrogens with zero attached hydrogens (tertiary/aromatic N) is 2. The summed E-state index contributed by atoms with van der Waals surface area (Å²) in [6.07, 6.45) is 6.26. The lowest BCUT2D eigenvalue weighted by molar-refractivity contribution is -0.0752. The van der Waals surface area contributed by atoms with Crippen LogP contribution < -0.4 is 0 Å². The highest BCUT2D eigenvalue weighted by Gasteiger charge is 2.37. The Labute approximate surface area is 170 Å². The molecule has 1 aliphatic heterocycles. The number of carbonyl (C=O) groups is 1. The van der Waals surface area contributed by atoms with Gasteiger partial charge in [-0.2, -0.15) is 0 Å². The monoisotopic (exact) mass is 388 g/mol. The van der Waals surface area contributed by atoms with Crippen molar-refractivity contribution in [1.29, 1.82) is 0 Å². The van der Waals surface area contributed by atoms with E-state index < -0.39 is 0 Å². The molecule has 0 radical (unpaired) electrons. The van der Waals surface area contributed by atoms with E-state index in [0.29, 0.717) is 30.4 Å². The maximum atomic E-state index is 13.5. The molecule has 5 heteroatoms. The van der Waals surface area contributed by atoms with E-state index in [4.69, 9.17) is 9.15 Å². The second-order valence-corrected chi connectivity index (χ2v) is 7.70. The van der Waals surface area contributed by atoms with Gasteiger partial charge in [-0.1, -0.05) is 55.3 Å². The minimum Gasteiger partial charge on any atom is -0.436 e. The third-order valence-corrected chi connectivity index (χ3v) is 5.94. The zero-order chi connectivity index (χ0) is 19.6. The molecule has 2 heterocycles. The number of hydrogen-bond acceptors (Lipinski definition) is 4. The lowest BCUT2D eigenvalue weighted by Crippen LogP contribution is -2.54. The summed E-state index contributed by atoms with van der Waals surface area (Å²) in [5, 5.41) is 0. The second kappa shape index (κ2) is 7.84. The summed E-state index contributed by atoms with van der Waals surface area (Å²) in [7, 11) is 0. The molecule has 148 valence electrons. The van der Waals surface area contributed by atoms with Crippen LogP contribution in [0.4, 0.5) is 0 Å². The standard InChI is InChI=1S/C24H24N2O3/c27-24(26-14-15-28-21-13-7-6-12-20(21)26)19-11-5-4-10-18(19)23-25-16-22(29-23)17-8-2-1-3-9-17/h1-5,8-11,16,20-21H,6-7,12-15H2. The predicted octanol–water partition coefficient (Wildman–Crippen LogP) is 4.79. The van der Waals surface area contributed by atoms with Crippen LogP contribution in [0.15, 0.2) is 65.2 Å². The molecule has 1 saturated heterocycles. The van der Waals surface area contributed by atoms with Gasteiger partial charge >= 0.3 is 0 Å². The Morgan fingerprint density at radius 2 is 1.79 bits per heavy atom. The number of benzene rings is 2. The zero-order valence-electron chi connectivity index (χ0n) is 16.3. The first-order chi connectivity index (χ1) is 14.3. The minimum atomic E-state index is 0.0419. The third kappa shape index (κ3) is 3.47. The highest BCUT2D eigenvalue weighted by molar-refractivity contribution is 6.00. The quantitative estimate of drug-likeness (QED) is 0.647. The highest BCUT2D eigenvalue weighted by Crippen LogP contribution is 2.32. The maximum Gasteiger partial charge on any atom is 0.255 e. The van der Waals surface area contributed by atoms with Crippen molar-refractivity contribution in [3.8, 4) is 22.8 Å². The van der Waals surface area contributed by atoms with Crippen molar-refractivity contribution in [2.45, 2.75) is 37.8 Å². The fourth-order valence-corrected chi connectivity index (χ4v) is 4.49. The van der Waals surface area contributed by atoms with E-state index in [0.717, 1.165) is 30.4 Å². The van der Waals surface area contributed by atoms with Gasteiger partial charge in [0.15, 0.2) is 5.76 Å². The third-order valence-electron chi connectivity index (χ3n) is 5.94. The van der Waals surface area contributed by atoms with E-state index in [1.165, 1.54) is 6.42 Å². The largest absolute Gasteiger partial charge is 0.436 e. The summed E-state index contributed by atoms with van der Waals surface area (Å²) in [5.74, 6) is 1.21. The molecule has 1 aliphatic carbocycles. The minimum absolute atomic E-state index is 0.0419. The van der Waals surface area contributed by atoms with Crippen LogP contribution in [0.1, 0.15) is 36.0 Å². The average molecular weight is 388 g/mol. The van der Waals surface area contributed by atoms with Gasteiger partial charge in [-0.15, -0.1) is 0 Å². The van der Waals surface area contributed by atoms with Crippen molar-refractivity contribution in [2.24, 2.45) is 0 Å². The molecule has 0 N–H and O–H groups in total. The van der Waals surface area contributed by atoms with Gasteiger partial charge in [0.1, 0.15) is 0 Å². The Balaban J connectivity index is 1.47. The smallest absolute Gasteiger partial charge is 0.255 e. The highest BCUT2D eigenvalue weighted by atomic mass is 16.5. The molecule has 1 saturated carbocycles. The molecule has 1 aromatic heterocycles. The predicted molar refractivity (Wildman–Crippen MR) is 110 cm³/mol. The van der Waals surface area contributed by atoms with Crippen LogP contribution in [-0.2, 0) is 4.74 Å². The van der Waals surface area contributed by atoms with E-state index >= 15 is 0 Å². The first-order valence-electron chi connectivity index (χ1n) is 10.3. The van der Waals surface area contributed by atoms with Crippen LogP contribution in [0.2, 0.25) is 0 Å². The summed E-state index contributed by atoms with van der Waals surface area (Å²) < 4.78 is 12.0. The number of aromatic nitrogens is 1. The molecule has 2 aliphatic rings. The molecule has 5 nitrogen and oxygen atoms in total. The van der Waals surface area contributed by atoms with Crippen LogP contribution in [0.3, 0.4) is 0 Å². The van der Waals surface area contributed by atoms with E-state index in [-0.39, 0.29) is 18.1 Å².